The van der Waals surface area contributed by atoms with Crippen LogP contribution < -0.4 is 10.6 Å². The standard InChI is InChI=1S/C9H10N4O/c1-10-9(14)13-7-3-5-12-8-6(7)2-4-11-8/h2-5H,1H3,(H3,10,11,12,13,14). The van der Waals surface area contributed by atoms with E-state index in [1.165, 1.54) is 0 Å². The van der Waals surface area contributed by atoms with E-state index in [4.69, 9.17) is 0 Å². The quantitative estimate of drug-likeness (QED) is 0.634. The minimum Gasteiger partial charge on any atom is -0.346 e. The first-order valence-electron chi connectivity index (χ1n) is 4.22. The van der Waals surface area contributed by atoms with E-state index in [2.05, 4.69) is 20.6 Å². The molecular weight excluding hydrogens is 180 g/mol. The maximum Gasteiger partial charge on any atom is 0.318 e. The number of nitrogens with zero attached hydrogens (tertiary/aromatic N) is 1. The highest BCUT2D eigenvalue weighted by Crippen LogP contribution is 2.19. The summed E-state index contributed by atoms with van der Waals surface area (Å²) in [5.74, 6) is 0. The number of fused-ring (bicyclic) bond motifs is 1. The summed E-state index contributed by atoms with van der Waals surface area (Å²) in [7, 11) is 1.57. The Kier molecular flexibility index (Phi) is 2.06. The van der Waals surface area contributed by atoms with Gasteiger partial charge < -0.3 is 15.6 Å². The lowest BCUT2D eigenvalue weighted by Gasteiger charge is -2.04. The molecule has 0 saturated heterocycles. The van der Waals surface area contributed by atoms with Gasteiger partial charge in [0.1, 0.15) is 5.65 Å². The van der Waals surface area contributed by atoms with E-state index in [9.17, 15) is 4.79 Å². The largest absolute Gasteiger partial charge is 0.346 e. The van der Waals surface area contributed by atoms with Gasteiger partial charge >= 0.3 is 6.03 Å². The molecule has 0 bridgehead atoms. The van der Waals surface area contributed by atoms with Crippen molar-refractivity contribution >= 4 is 22.8 Å². The topological polar surface area (TPSA) is 69.8 Å². The molecule has 2 aromatic heterocycles. The van der Waals surface area contributed by atoms with Crippen LogP contribution in [0.4, 0.5) is 10.5 Å². The molecule has 2 aromatic rings. The van der Waals surface area contributed by atoms with Gasteiger partial charge in [-0.25, -0.2) is 9.78 Å². The lowest BCUT2D eigenvalue weighted by Crippen LogP contribution is -2.24. The fourth-order valence-corrected chi connectivity index (χ4v) is 1.25. The lowest BCUT2D eigenvalue weighted by atomic mass is 10.3. The van der Waals surface area contributed by atoms with E-state index in [1.807, 2.05) is 6.07 Å². The number of H-pyrrole nitrogens is 1. The van der Waals surface area contributed by atoms with Crippen LogP contribution in [0.25, 0.3) is 11.0 Å². The minimum atomic E-state index is -0.237. The van der Waals surface area contributed by atoms with Crippen LogP contribution in [0.5, 0.6) is 0 Å². The Morgan fingerprint density at radius 3 is 3.14 bits per heavy atom. The molecule has 5 heteroatoms. The second-order valence-corrected chi connectivity index (χ2v) is 2.80. The zero-order valence-corrected chi connectivity index (χ0v) is 7.66. The maximum atomic E-state index is 11.1. The highest BCUT2D eigenvalue weighted by Gasteiger charge is 2.04. The van der Waals surface area contributed by atoms with Gasteiger partial charge in [-0.1, -0.05) is 0 Å². The van der Waals surface area contributed by atoms with E-state index in [1.54, 1.807) is 25.5 Å². The number of carbonyl (C=O) groups is 1. The van der Waals surface area contributed by atoms with Gasteiger partial charge in [0.2, 0.25) is 0 Å². The summed E-state index contributed by atoms with van der Waals surface area (Å²) in [5, 5.41) is 6.10. The van der Waals surface area contributed by atoms with E-state index in [-0.39, 0.29) is 6.03 Å². The third kappa shape index (κ3) is 1.39. The summed E-state index contributed by atoms with van der Waals surface area (Å²) < 4.78 is 0. The molecular formula is C9H10N4O. The monoisotopic (exact) mass is 190 g/mol. The molecule has 0 aliphatic heterocycles. The molecule has 3 N–H and O–H groups in total. The molecule has 0 aliphatic rings. The fourth-order valence-electron chi connectivity index (χ4n) is 1.25. The van der Waals surface area contributed by atoms with Crippen LogP contribution in [0.2, 0.25) is 0 Å². The van der Waals surface area contributed by atoms with Crippen LogP contribution in [-0.4, -0.2) is 23.0 Å². The number of pyridine rings is 1. The van der Waals surface area contributed by atoms with Crippen molar-refractivity contribution in [2.24, 2.45) is 0 Å². The van der Waals surface area contributed by atoms with Gasteiger partial charge in [0, 0.05) is 24.8 Å². The molecule has 5 nitrogen and oxygen atoms in total. The molecule has 72 valence electrons. The SMILES string of the molecule is CNC(=O)Nc1ccnc2[nH]ccc12. The molecule has 0 atom stereocenters. The molecule has 0 saturated carbocycles. The van der Waals surface area contributed by atoms with Crippen molar-refractivity contribution in [3.8, 4) is 0 Å². The summed E-state index contributed by atoms with van der Waals surface area (Å²) >= 11 is 0. The predicted octanol–water partition coefficient (Wildman–Crippen LogP) is 1.31. The third-order valence-electron chi connectivity index (χ3n) is 1.94. The van der Waals surface area contributed by atoms with Crippen LogP contribution in [-0.2, 0) is 0 Å². The summed E-state index contributed by atoms with van der Waals surface area (Å²) in [4.78, 5) is 18.2. The Bertz CT molecular complexity index is 463. The molecule has 2 heterocycles. The highest BCUT2D eigenvalue weighted by molar-refractivity contribution is 5.99. The van der Waals surface area contributed by atoms with E-state index < -0.39 is 0 Å². The first kappa shape index (κ1) is 8.55. The number of hydrogen-bond donors (Lipinski definition) is 3. The van der Waals surface area contributed by atoms with Gasteiger partial charge in [0.25, 0.3) is 0 Å². The number of hydrogen-bond acceptors (Lipinski definition) is 2. The van der Waals surface area contributed by atoms with Crippen molar-refractivity contribution in [3.05, 3.63) is 24.5 Å². The molecule has 14 heavy (non-hydrogen) atoms. The second-order valence-electron chi connectivity index (χ2n) is 2.80. The fraction of sp³-hybridized carbons (Fsp3) is 0.111. The van der Waals surface area contributed by atoms with Crippen LogP contribution in [0.3, 0.4) is 0 Å². The molecule has 0 aliphatic carbocycles. The zero-order valence-electron chi connectivity index (χ0n) is 7.66. The molecule has 0 unspecified atom stereocenters. The number of anilines is 1. The van der Waals surface area contributed by atoms with Crippen LogP contribution in [0.15, 0.2) is 24.5 Å². The average molecular weight is 190 g/mol. The lowest BCUT2D eigenvalue weighted by molar-refractivity contribution is 0.254. The van der Waals surface area contributed by atoms with Gasteiger partial charge in [0.15, 0.2) is 0 Å². The van der Waals surface area contributed by atoms with Crippen molar-refractivity contribution in [1.29, 1.82) is 0 Å². The van der Waals surface area contributed by atoms with Gasteiger partial charge in [-0.3, -0.25) is 0 Å². The second kappa shape index (κ2) is 3.37. The van der Waals surface area contributed by atoms with Gasteiger partial charge in [-0.05, 0) is 12.1 Å². The van der Waals surface area contributed by atoms with Crippen molar-refractivity contribution in [3.63, 3.8) is 0 Å². The Morgan fingerprint density at radius 2 is 2.36 bits per heavy atom. The number of carbonyl (C=O) groups excluding carboxylic acids is 1. The minimum absolute atomic E-state index is 0.237. The summed E-state index contributed by atoms with van der Waals surface area (Å²) in [6, 6.07) is 3.39. The van der Waals surface area contributed by atoms with Crippen LogP contribution in [0.1, 0.15) is 0 Å². The molecule has 0 radical (unpaired) electrons. The van der Waals surface area contributed by atoms with Crippen molar-refractivity contribution < 1.29 is 4.79 Å². The molecule has 2 rings (SSSR count). The number of aromatic nitrogens is 2. The van der Waals surface area contributed by atoms with Gasteiger partial charge in [0.05, 0.1) is 5.69 Å². The smallest absolute Gasteiger partial charge is 0.318 e. The molecule has 0 aromatic carbocycles. The Morgan fingerprint density at radius 1 is 1.50 bits per heavy atom. The molecule has 0 fully saturated rings. The zero-order chi connectivity index (χ0) is 9.97. The Hall–Kier alpha value is -2.04. The first-order chi connectivity index (χ1) is 6.81. The van der Waals surface area contributed by atoms with E-state index in [0.29, 0.717) is 0 Å². The summed E-state index contributed by atoms with van der Waals surface area (Å²) in [6.45, 7) is 0. The first-order valence-corrected chi connectivity index (χ1v) is 4.22. The van der Waals surface area contributed by atoms with Crippen LogP contribution in [0, 0.1) is 0 Å². The molecule has 2 amide bonds. The number of nitrogens with one attached hydrogen (secondary N) is 3. The van der Waals surface area contributed by atoms with E-state index in [0.717, 1.165) is 16.7 Å². The van der Waals surface area contributed by atoms with Gasteiger partial charge in [-0.15, -0.1) is 0 Å². The van der Waals surface area contributed by atoms with Crippen molar-refractivity contribution in [2.45, 2.75) is 0 Å². The predicted molar refractivity (Wildman–Crippen MR) is 54.2 cm³/mol. The summed E-state index contributed by atoms with van der Waals surface area (Å²) in [5.41, 5.74) is 1.51. The molecule has 0 spiro atoms. The maximum absolute atomic E-state index is 11.1. The van der Waals surface area contributed by atoms with Crippen molar-refractivity contribution in [2.75, 3.05) is 12.4 Å². The number of amides is 2. The normalized spacial score (nSPS) is 10.1. The Balaban J connectivity index is 2.41. The number of aromatic amines is 1. The highest BCUT2D eigenvalue weighted by atomic mass is 16.2. The Labute approximate surface area is 80.5 Å². The van der Waals surface area contributed by atoms with Gasteiger partial charge in [-0.2, -0.15) is 0 Å². The number of rotatable bonds is 1. The third-order valence-corrected chi connectivity index (χ3v) is 1.94. The van der Waals surface area contributed by atoms with Crippen LogP contribution >= 0.6 is 0 Å². The summed E-state index contributed by atoms with van der Waals surface area (Å²) in [6.07, 6.45) is 3.43. The average Bonchev–Trinajstić information content (AvgIpc) is 2.66. The van der Waals surface area contributed by atoms with Crippen molar-refractivity contribution in [1.82, 2.24) is 15.3 Å². The van der Waals surface area contributed by atoms with E-state index >= 15 is 0 Å². The number of urea groups is 1.